The summed E-state index contributed by atoms with van der Waals surface area (Å²) in [5, 5.41) is 19.5. The number of carbonyl (C=O) groups is 1. The van der Waals surface area contributed by atoms with Crippen LogP contribution in [-0.2, 0) is 14.3 Å². The summed E-state index contributed by atoms with van der Waals surface area (Å²) >= 11 is 0. The van der Waals surface area contributed by atoms with Crippen LogP contribution in [0.2, 0.25) is 0 Å². The maximum Gasteiger partial charge on any atom is 0.167 e. The Morgan fingerprint density at radius 1 is 1.35 bits per heavy atom. The second-order valence-electron chi connectivity index (χ2n) is 8.73. The summed E-state index contributed by atoms with van der Waals surface area (Å²) in [6.45, 7) is 10.6. The molecule has 0 radical (unpaired) electrons. The average molecular weight is 369 g/mol. The van der Waals surface area contributed by atoms with Crippen molar-refractivity contribution in [3.63, 3.8) is 0 Å². The molecular formula is C21H36O5. The van der Waals surface area contributed by atoms with Gasteiger partial charge in [0.2, 0.25) is 0 Å². The fourth-order valence-electron chi connectivity index (χ4n) is 3.74. The van der Waals surface area contributed by atoms with E-state index in [0.29, 0.717) is 25.4 Å². The highest BCUT2D eigenvalue weighted by Crippen LogP contribution is 2.44. The van der Waals surface area contributed by atoms with E-state index in [4.69, 9.17) is 14.6 Å². The monoisotopic (exact) mass is 368 g/mol. The van der Waals surface area contributed by atoms with E-state index in [2.05, 4.69) is 13.8 Å². The van der Waals surface area contributed by atoms with Crippen molar-refractivity contribution in [3.8, 4) is 0 Å². The number of ether oxygens (including phenoxy) is 2. The summed E-state index contributed by atoms with van der Waals surface area (Å²) < 4.78 is 11.7. The van der Waals surface area contributed by atoms with E-state index in [9.17, 15) is 9.90 Å². The molecule has 4 unspecified atom stereocenters. The van der Waals surface area contributed by atoms with Crippen LogP contribution in [-0.4, -0.2) is 52.6 Å². The molecule has 5 heteroatoms. The van der Waals surface area contributed by atoms with Gasteiger partial charge in [0.05, 0.1) is 24.9 Å². The first kappa shape index (κ1) is 21.5. The van der Waals surface area contributed by atoms with Crippen LogP contribution in [0, 0.1) is 11.8 Å². The predicted octanol–water partition coefficient (Wildman–Crippen LogP) is 3.02. The third-order valence-corrected chi connectivity index (χ3v) is 6.45. The molecule has 0 amide bonds. The summed E-state index contributed by atoms with van der Waals surface area (Å²) in [7, 11) is 0. The van der Waals surface area contributed by atoms with Crippen LogP contribution in [0.4, 0.5) is 0 Å². The van der Waals surface area contributed by atoms with E-state index in [-0.39, 0.29) is 30.0 Å². The highest BCUT2D eigenvalue weighted by molar-refractivity contribution is 5.88. The van der Waals surface area contributed by atoms with Gasteiger partial charge in [0.25, 0.3) is 0 Å². The lowest BCUT2D eigenvalue weighted by Crippen LogP contribution is -2.41. The fourth-order valence-corrected chi connectivity index (χ4v) is 3.74. The molecule has 26 heavy (non-hydrogen) atoms. The van der Waals surface area contributed by atoms with Gasteiger partial charge in [-0.05, 0) is 57.4 Å². The molecule has 0 aromatic rings. The maximum atomic E-state index is 12.6. The Balaban J connectivity index is 1.82. The van der Waals surface area contributed by atoms with Gasteiger partial charge in [-0.25, -0.2) is 0 Å². The third kappa shape index (κ3) is 4.75. The van der Waals surface area contributed by atoms with E-state index >= 15 is 0 Å². The summed E-state index contributed by atoms with van der Waals surface area (Å²) in [6, 6.07) is 0. The number of Topliss-reactive ketones (excluding diaryl/α,β-unsaturated/α-hetero) is 1. The van der Waals surface area contributed by atoms with Gasteiger partial charge in [-0.2, -0.15) is 0 Å². The predicted molar refractivity (Wildman–Crippen MR) is 101 cm³/mol. The number of rotatable bonds is 8. The first-order chi connectivity index (χ1) is 12.1. The number of ketones is 1. The number of carbonyl (C=O) groups excluding carboxylic acids is 1. The van der Waals surface area contributed by atoms with Crippen LogP contribution in [0.5, 0.6) is 0 Å². The van der Waals surface area contributed by atoms with Gasteiger partial charge in [0.15, 0.2) is 5.78 Å². The van der Waals surface area contributed by atoms with Gasteiger partial charge in [0, 0.05) is 5.92 Å². The third-order valence-electron chi connectivity index (χ3n) is 6.45. The Kier molecular flexibility index (Phi) is 7.05. The molecular weight excluding hydrogens is 332 g/mol. The van der Waals surface area contributed by atoms with E-state index in [1.165, 1.54) is 0 Å². The van der Waals surface area contributed by atoms with Crippen molar-refractivity contribution in [2.24, 2.45) is 11.8 Å². The van der Waals surface area contributed by atoms with Crippen LogP contribution in [0.25, 0.3) is 0 Å². The Labute approximate surface area is 157 Å². The number of aliphatic hydroxyl groups is 2. The van der Waals surface area contributed by atoms with Gasteiger partial charge in [0.1, 0.15) is 11.7 Å². The van der Waals surface area contributed by atoms with Crippen LogP contribution >= 0.6 is 0 Å². The first-order valence-electron chi connectivity index (χ1n) is 9.96. The van der Waals surface area contributed by atoms with E-state index in [0.717, 1.165) is 24.8 Å². The minimum atomic E-state index is -0.601. The minimum absolute atomic E-state index is 0.00363. The van der Waals surface area contributed by atoms with E-state index in [1.54, 1.807) is 6.08 Å². The smallest absolute Gasteiger partial charge is 0.167 e. The zero-order valence-electron chi connectivity index (χ0n) is 17.0. The van der Waals surface area contributed by atoms with Crippen LogP contribution < -0.4 is 0 Å². The molecule has 0 saturated carbocycles. The molecule has 0 aromatic heterocycles. The van der Waals surface area contributed by atoms with Gasteiger partial charge < -0.3 is 19.7 Å². The van der Waals surface area contributed by atoms with Crippen molar-refractivity contribution in [1.82, 2.24) is 0 Å². The molecule has 2 aliphatic heterocycles. The van der Waals surface area contributed by atoms with Crippen molar-refractivity contribution in [2.75, 3.05) is 13.2 Å². The van der Waals surface area contributed by atoms with E-state index in [1.807, 2.05) is 20.8 Å². The van der Waals surface area contributed by atoms with Crippen LogP contribution in [0.1, 0.15) is 66.7 Å². The van der Waals surface area contributed by atoms with Gasteiger partial charge in [-0.15, -0.1) is 0 Å². The van der Waals surface area contributed by atoms with Crippen LogP contribution in [0.3, 0.4) is 0 Å². The summed E-state index contributed by atoms with van der Waals surface area (Å²) in [5.74, 6) is 0.483. The Morgan fingerprint density at radius 2 is 2.04 bits per heavy atom. The molecule has 2 N–H and O–H groups in total. The maximum absolute atomic E-state index is 12.6. The number of aliphatic hydroxyl groups excluding tert-OH is 2. The van der Waals surface area contributed by atoms with E-state index < -0.39 is 11.7 Å². The summed E-state index contributed by atoms with van der Waals surface area (Å²) in [6.07, 6.45) is 4.67. The average Bonchev–Trinajstić information content (AvgIpc) is 3.31. The SMILES string of the molecule is CC(CCCC1(C)OC/C(=C/CO)CC[C@H]1O)C(=O)C1OC1(C)C(C)C. The lowest BCUT2D eigenvalue weighted by molar-refractivity contribution is -0.124. The second-order valence-corrected chi connectivity index (χ2v) is 8.73. The molecule has 0 bridgehead atoms. The molecule has 2 heterocycles. The Hall–Kier alpha value is -0.750. The molecule has 2 rings (SSSR count). The quantitative estimate of drug-likeness (QED) is 0.508. The van der Waals surface area contributed by atoms with Crippen molar-refractivity contribution in [1.29, 1.82) is 0 Å². The van der Waals surface area contributed by atoms with Crippen molar-refractivity contribution < 1.29 is 24.5 Å². The molecule has 2 aliphatic rings. The summed E-state index contributed by atoms with van der Waals surface area (Å²) in [4.78, 5) is 12.6. The first-order valence-corrected chi connectivity index (χ1v) is 9.96. The van der Waals surface area contributed by atoms with Crippen LogP contribution in [0.15, 0.2) is 11.6 Å². The zero-order valence-corrected chi connectivity index (χ0v) is 17.0. The summed E-state index contributed by atoms with van der Waals surface area (Å²) in [5.41, 5.74) is 0.140. The lowest BCUT2D eigenvalue weighted by Gasteiger charge is -2.33. The highest BCUT2D eigenvalue weighted by Gasteiger charge is 2.58. The van der Waals surface area contributed by atoms with Gasteiger partial charge >= 0.3 is 0 Å². The molecule has 150 valence electrons. The van der Waals surface area contributed by atoms with Crippen molar-refractivity contribution >= 4 is 5.78 Å². The fraction of sp³-hybridized carbons (Fsp3) is 0.857. The Bertz CT molecular complexity index is 528. The lowest BCUT2D eigenvalue weighted by atomic mass is 9.85. The number of epoxide rings is 1. The topological polar surface area (TPSA) is 79.3 Å². The Morgan fingerprint density at radius 3 is 2.62 bits per heavy atom. The van der Waals surface area contributed by atoms with Gasteiger partial charge in [-0.1, -0.05) is 26.8 Å². The number of hydrogen-bond acceptors (Lipinski definition) is 5. The van der Waals surface area contributed by atoms with Crippen molar-refractivity contribution in [3.05, 3.63) is 11.6 Å². The normalized spacial score (nSPS) is 37.6. The molecule has 0 aliphatic carbocycles. The molecule has 2 fully saturated rings. The molecule has 5 nitrogen and oxygen atoms in total. The second kappa shape index (κ2) is 8.51. The molecule has 2 saturated heterocycles. The molecule has 0 spiro atoms. The molecule has 0 aromatic carbocycles. The largest absolute Gasteiger partial charge is 0.392 e. The zero-order chi connectivity index (χ0) is 19.5. The number of hydrogen-bond donors (Lipinski definition) is 2. The standard InChI is InChI=1S/C21H36O5/c1-14(2)21(5)19(26-21)18(24)15(3)7-6-11-20(4)17(23)9-8-16(10-12-22)13-25-20/h10,14-15,17,19,22-23H,6-9,11-13H2,1-5H3/b16-10+/t15?,17-,19?,20?,21?/m1/s1. The highest BCUT2D eigenvalue weighted by atomic mass is 16.6. The van der Waals surface area contributed by atoms with Crippen molar-refractivity contribution in [2.45, 2.75) is 90.1 Å². The minimum Gasteiger partial charge on any atom is -0.392 e. The van der Waals surface area contributed by atoms with Gasteiger partial charge in [-0.3, -0.25) is 4.79 Å². The molecule has 5 atom stereocenters.